The molecule has 1 nitrogen and oxygen atoms in total. The van der Waals surface area contributed by atoms with Crippen LogP contribution >= 0.6 is 47.0 Å². The predicted octanol–water partition coefficient (Wildman–Crippen LogP) is 4.26. The molecule has 2 bridgehead atoms. The molecule has 0 aromatic carbocycles. The minimum Gasteiger partial charge on any atom is -0.287 e. The summed E-state index contributed by atoms with van der Waals surface area (Å²) in [5.41, 5.74) is 0. The smallest absolute Gasteiger partial charge is 0.192 e. The van der Waals surface area contributed by atoms with Crippen LogP contribution in [0.5, 0.6) is 0 Å². The van der Waals surface area contributed by atoms with Crippen molar-refractivity contribution in [3.8, 4) is 0 Å². The summed E-state index contributed by atoms with van der Waals surface area (Å²) in [6.07, 6.45) is 7.47. The predicted molar refractivity (Wildman–Crippen MR) is 97.3 cm³/mol. The summed E-state index contributed by atoms with van der Waals surface area (Å²) in [5, 5.41) is 2.05. The standard InChI is InChI=1S/C15H24OS4/c1-17-6-12-7-19-13(8-18-12)9-20-15(16)14-5-10-2-3-11(14)4-10/h10-14H,2-9H2,1H3. The molecule has 0 aromatic heterocycles. The maximum absolute atomic E-state index is 12.4. The van der Waals surface area contributed by atoms with Crippen LogP contribution in [0.1, 0.15) is 25.7 Å². The van der Waals surface area contributed by atoms with E-state index < -0.39 is 0 Å². The van der Waals surface area contributed by atoms with Gasteiger partial charge in [0.1, 0.15) is 0 Å². The second-order valence-corrected chi connectivity index (χ2v) is 10.9. The highest BCUT2D eigenvalue weighted by atomic mass is 32.2. The fraction of sp³-hybridized carbons (Fsp3) is 0.933. The molecule has 3 rings (SSSR count). The average Bonchev–Trinajstić information content (AvgIpc) is 3.09. The molecule has 3 fully saturated rings. The second kappa shape index (κ2) is 7.56. The van der Waals surface area contributed by atoms with Gasteiger partial charge in [-0.3, -0.25) is 4.79 Å². The lowest BCUT2D eigenvalue weighted by Gasteiger charge is -2.27. The molecule has 2 aliphatic carbocycles. The quantitative estimate of drug-likeness (QED) is 0.736. The minimum atomic E-state index is 0.421. The van der Waals surface area contributed by atoms with Gasteiger partial charge in [-0.2, -0.15) is 35.3 Å². The number of carbonyl (C=O) groups excluding carboxylic acids is 1. The number of fused-ring (bicyclic) bond motifs is 2. The van der Waals surface area contributed by atoms with E-state index in [0.29, 0.717) is 16.3 Å². The van der Waals surface area contributed by atoms with Gasteiger partial charge in [-0.25, -0.2) is 0 Å². The van der Waals surface area contributed by atoms with Crippen LogP contribution < -0.4 is 0 Å². The summed E-state index contributed by atoms with van der Waals surface area (Å²) in [5.74, 6) is 6.91. The topological polar surface area (TPSA) is 17.1 Å². The molecule has 20 heavy (non-hydrogen) atoms. The van der Waals surface area contributed by atoms with Crippen LogP contribution in [-0.4, -0.2) is 44.9 Å². The molecular weight excluding hydrogens is 324 g/mol. The Labute approximate surface area is 139 Å². The van der Waals surface area contributed by atoms with Gasteiger partial charge in [0.15, 0.2) is 5.12 Å². The van der Waals surface area contributed by atoms with Crippen molar-refractivity contribution in [2.24, 2.45) is 17.8 Å². The van der Waals surface area contributed by atoms with Gasteiger partial charge in [0, 0.05) is 39.4 Å². The molecule has 3 aliphatic rings. The Kier molecular flexibility index (Phi) is 6.03. The molecule has 0 aromatic rings. The van der Waals surface area contributed by atoms with Gasteiger partial charge in [-0.05, 0) is 37.4 Å². The van der Waals surface area contributed by atoms with Crippen LogP contribution in [0.15, 0.2) is 0 Å². The first-order valence-electron chi connectivity index (χ1n) is 7.65. The molecule has 5 atom stereocenters. The molecule has 1 aliphatic heterocycles. The molecule has 2 saturated carbocycles. The summed E-state index contributed by atoms with van der Waals surface area (Å²) in [6.45, 7) is 0. The SMILES string of the molecule is CSCC1CSC(CSC(=O)C2CC3CCC2C3)CS1. The third-order valence-electron chi connectivity index (χ3n) is 4.84. The molecule has 0 spiro atoms. The zero-order chi connectivity index (χ0) is 13.9. The van der Waals surface area contributed by atoms with E-state index in [1.165, 1.54) is 42.9 Å². The van der Waals surface area contributed by atoms with E-state index in [0.717, 1.165) is 22.8 Å². The number of hydrogen-bond acceptors (Lipinski definition) is 5. The zero-order valence-corrected chi connectivity index (χ0v) is 15.4. The summed E-state index contributed by atoms with van der Waals surface area (Å²) in [7, 11) is 0. The highest BCUT2D eigenvalue weighted by molar-refractivity contribution is 8.15. The van der Waals surface area contributed by atoms with Gasteiger partial charge in [0.2, 0.25) is 0 Å². The molecule has 0 amide bonds. The van der Waals surface area contributed by atoms with Gasteiger partial charge in [-0.15, -0.1) is 0 Å². The lowest BCUT2D eigenvalue weighted by atomic mass is 9.90. The Balaban J connectivity index is 1.36. The molecule has 1 saturated heterocycles. The Morgan fingerprint density at radius 3 is 2.40 bits per heavy atom. The highest BCUT2D eigenvalue weighted by Crippen LogP contribution is 2.50. The van der Waals surface area contributed by atoms with Crippen molar-refractivity contribution in [3.05, 3.63) is 0 Å². The van der Waals surface area contributed by atoms with E-state index in [1.54, 1.807) is 11.8 Å². The molecule has 5 heteroatoms. The van der Waals surface area contributed by atoms with Crippen molar-refractivity contribution in [3.63, 3.8) is 0 Å². The van der Waals surface area contributed by atoms with Gasteiger partial charge in [0.25, 0.3) is 0 Å². The first kappa shape index (κ1) is 15.9. The van der Waals surface area contributed by atoms with E-state index in [4.69, 9.17) is 0 Å². The van der Waals surface area contributed by atoms with Crippen molar-refractivity contribution in [2.45, 2.75) is 36.2 Å². The normalized spacial score (nSPS) is 40.1. The highest BCUT2D eigenvalue weighted by Gasteiger charge is 2.43. The van der Waals surface area contributed by atoms with Crippen molar-refractivity contribution in [1.29, 1.82) is 0 Å². The molecular formula is C15H24OS4. The van der Waals surface area contributed by atoms with E-state index in [1.807, 2.05) is 11.8 Å². The van der Waals surface area contributed by atoms with Crippen molar-refractivity contribution in [1.82, 2.24) is 0 Å². The van der Waals surface area contributed by atoms with Gasteiger partial charge in [-0.1, -0.05) is 18.2 Å². The van der Waals surface area contributed by atoms with Crippen LogP contribution in [0, 0.1) is 17.8 Å². The van der Waals surface area contributed by atoms with E-state index in [9.17, 15) is 4.79 Å². The summed E-state index contributed by atoms with van der Waals surface area (Å²) < 4.78 is 0. The Bertz CT molecular complexity index is 341. The fourth-order valence-electron chi connectivity index (χ4n) is 3.78. The number of rotatable bonds is 5. The fourth-order valence-corrected chi connectivity index (χ4v) is 9.37. The molecule has 1 heterocycles. The number of thioether (sulfide) groups is 4. The van der Waals surface area contributed by atoms with Crippen LogP contribution in [0.25, 0.3) is 0 Å². The summed E-state index contributed by atoms with van der Waals surface area (Å²) in [4.78, 5) is 12.4. The summed E-state index contributed by atoms with van der Waals surface area (Å²) >= 11 is 7.84. The number of hydrogen-bond donors (Lipinski definition) is 0. The number of carbonyl (C=O) groups is 1. The van der Waals surface area contributed by atoms with Crippen LogP contribution in [0.4, 0.5) is 0 Å². The van der Waals surface area contributed by atoms with Crippen LogP contribution in [0.3, 0.4) is 0 Å². The molecule has 114 valence electrons. The van der Waals surface area contributed by atoms with E-state index in [-0.39, 0.29) is 0 Å². The largest absolute Gasteiger partial charge is 0.287 e. The summed E-state index contributed by atoms with van der Waals surface area (Å²) in [6, 6.07) is 0. The van der Waals surface area contributed by atoms with Crippen LogP contribution in [0.2, 0.25) is 0 Å². The lowest BCUT2D eigenvalue weighted by molar-refractivity contribution is -0.115. The third-order valence-corrected chi connectivity index (χ3v) is 10.4. The maximum Gasteiger partial charge on any atom is 0.192 e. The van der Waals surface area contributed by atoms with Crippen molar-refractivity contribution < 1.29 is 4.79 Å². The van der Waals surface area contributed by atoms with Gasteiger partial charge in [0.05, 0.1) is 0 Å². The van der Waals surface area contributed by atoms with Gasteiger partial charge < -0.3 is 0 Å². The first-order chi connectivity index (χ1) is 9.76. The van der Waals surface area contributed by atoms with Crippen molar-refractivity contribution >= 4 is 52.2 Å². The monoisotopic (exact) mass is 348 g/mol. The van der Waals surface area contributed by atoms with E-state index >= 15 is 0 Å². The average molecular weight is 349 g/mol. The van der Waals surface area contributed by atoms with Crippen molar-refractivity contribution in [2.75, 3.05) is 29.3 Å². The Hall–Kier alpha value is 1.07. The third kappa shape index (κ3) is 3.88. The second-order valence-electron chi connectivity index (χ2n) is 6.28. The Morgan fingerprint density at radius 1 is 1.10 bits per heavy atom. The molecule has 5 unspecified atom stereocenters. The van der Waals surface area contributed by atoms with Crippen LogP contribution in [-0.2, 0) is 4.79 Å². The lowest BCUT2D eigenvalue weighted by Crippen LogP contribution is -2.26. The Morgan fingerprint density at radius 2 is 1.85 bits per heavy atom. The molecule has 0 N–H and O–H groups in total. The maximum atomic E-state index is 12.4. The molecule has 0 radical (unpaired) electrons. The van der Waals surface area contributed by atoms with Gasteiger partial charge >= 0.3 is 0 Å². The minimum absolute atomic E-state index is 0.421. The first-order valence-corrected chi connectivity index (χ1v) is 12.1. The van der Waals surface area contributed by atoms with E-state index in [2.05, 4.69) is 29.8 Å². The zero-order valence-electron chi connectivity index (χ0n) is 12.1.